The first-order valence-electron chi connectivity index (χ1n) is 6.12. The molecule has 2 aliphatic carbocycles. The Morgan fingerprint density at radius 2 is 0.786 bits per heavy atom. The summed E-state index contributed by atoms with van der Waals surface area (Å²) in [5.41, 5.74) is 0. The third-order valence-corrected chi connectivity index (χ3v) is 4.15. The average molecular weight is 198 g/mol. The maximum atomic E-state index is 9.43. The van der Waals surface area contributed by atoms with Gasteiger partial charge >= 0.3 is 0 Å². The highest BCUT2D eigenvalue weighted by Crippen LogP contribution is 2.38. The van der Waals surface area contributed by atoms with Crippen LogP contribution in [-0.2, 0) is 0 Å². The molecule has 0 aromatic carbocycles. The zero-order valence-corrected chi connectivity index (χ0v) is 8.86. The van der Waals surface area contributed by atoms with E-state index in [9.17, 15) is 10.2 Å². The lowest BCUT2D eigenvalue weighted by Gasteiger charge is -2.35. The highest BCUT2D eigenvalue weighted by Gasteiger charge is 2.29. The lowest BCUT2D eigenvalue weighted by molar-refractivity contribution is 0.0543. The first-order chi connectivity index (χ1) is 6.75. The minimum atomic E-state index is -0.0274. The van der Waals surface area contributed by atoms with Crippen molar-refractivity contribution < 1.29 is 10.2 Å². The minimum Gasteiger partial charge on any atom is -0.393 e. The van der Waals surface area contributed by atoms with Crippen molar-refractivity contribution in [2.45, 2.75) is 63.6 Å². The van der Waals surface area contributed by atoms with E-state index in [1.807, 2.05) is 0 Å². The van der Waals surface area contributed by atoms with Gasteiger partial charge in [-0.25, -0.2) is 0 Å². The lowest BCUT2D eigenvalue weighted by atomic mass is 9.72. The van der Waals surface area contributed by atoms with Gasteiger partial charge in [0.1, 0.15) is 0 Å². The number of aliphatic hydroxyl groups excluding tert-OH is 2. The molecule has 2 nitrogen and oxygen atoms in total. The van der Waals surface area contributed by atoms with Crippen LogP contribution in [0.2, 0.25) is 0 Å². The normalized spacial score (nSPS) is 45.0. The summed E-state index contributed by atoms with van der Waals surface area (Å²) in [6.45, 7) is 0. The molecule has 2 aliphatic rings. The predicted molar refractivity (Wildman–Crippen MR) is 55.9 cm³/mol. The Labute approximate surface area is 86.3 Å². The van der Waals surface area contributed by atoms with Crippen LogP contribution in [0.4, 0.5) is 0 Å². The molecule has 0 amide bonds. The van der Waals surface area contributed by atoms with E-state index in [0.717, 1.165) is 37.5 Å². The zero-order valence-electron chi connectivity index (χ0n) is 8.86. The van der Waals surface area contributed by atoms with E-state index < -0.39 is 0 Å². The molecule has 0 spiro atoms. The molecule has 2 fully saturated rings. The third-order valence-electron chi connectivity index (χ3n) is 4.15. The van der Waals surface area contributed by atoms with Crippen LogP contribution >= 0.6 is 0 Å². The van der Waals surface area contributed by atoms with Crippen LogP contribution < -0.4 is 0 Å². The smallest absolute Gasteiger partial charge is 0.0540 e. The van der Waals surface area contributed by atoms with Crippen LogP contribution in [0.1, 0.15) is 51.4 Å². The zero-order chi connectivity index (χ0) is 9.97. The summed E-state index contributed by atoms with van der Waals surface area (Å²) < 4.78 is 0. The summed E-state index contributed by atoms with van der Waals surface area (Å²) in [6, 6.07) is 0. The number of rotatable bonds is 1. The van der Waals surface area contributed by atoms with Crippen LogP contribution in [0.15, 0.2) is 0 Å². The fourth-order valence-electron chi connectivity index (χ4n) is 3.15. The highest BCUT2D eigenvalue weighted by molar-refractivity contribution is 4.81. The summed E-state index contributed by atoms with van der Waals surface area (Å²) in [5, 5.41) is 18.9. The van der Waals surface area contributed by atoms with Crippen molar-refractivity contribution in [3.63, 3.8) is 0 Å². The monoisotopic (exact) mass is 198 g/mol. The minimum absolute atomic E-state index is 0.0274. The Morgan fingerprint density at radius 1 is 0.500 bits per heavy atom. The van der Waals surface area contributed by atoms with E-state index in [-0.39, 0.29) is 12.2 Å². The summed E-state index contributed by atoms with van der Waals surface area (Å²) in [4.78, 5) is 0. The van der Waals surface area contributed by atoms with Gasteiger partial charge in [0.15, 0.2) is 0 Å². The van der Waals surface area contributed by atoms with Gasteiger partial charge in [0, 0.05) is 0 Å². The average Bonchev–Trinajstić information content (AvgIpc) is 2.21. The van der Waals surface area contributed by atoms with Crippen molar-refractivity contribution in [3.05, 3.63) is 0 Å². The molecule has 2 rings (SSSR count). The molecule has 0 aromatic heterocycles. The van der Waals surface area contributed by atoms with E-state index in [4.69, 9.17) is 0 Å². The van der Waals surface area contributed by atoms with Gasteiger partial charge in [-0.05, 0) is 63.2 Å². The van der Waals surface area contributed by atoms with Crippen molar-refractivity contribution in [1.82, 2.24) is 0 Å². The number of hydrogen-bond donors (Lipinski definition) is 2. The molecule has 0 unspecified atom stereocenters. The molecule has 0 aromatic rings. The quantitative estimate of drug-likeness (QED) is 0.677. The van der Waals surface area contributed by atoms with Crippen molar-refractivity contribution in [3.8, 4) is 0 Å². The predicted octanol–water partition coefficient (Wildman–Crippen LogP) is 2.09. The molecule has 2 N–H and O–H groups in total. The van der Waals surface area contributed by atoms with Gasteiger partial charge in [-0.15, -0.1) is 0 Å². The Morgan fingerprint density at radius 3 is 1.07 bits per heavy atom. The fraction of sp³-hybridized carbons (Fsp3) is 1.00. The molecule has 0 heterocycles. The van der Waals surface area contributed by atoms with Gasteiger partial charge < -0.3 is 10.2 Å². The summed E-state index contributed by atoms with van der Waals surface area (Å²) >= 11 is 0. The molecule has 2 heteroatoms. The largest absolute Gasteiger partial charge is 0.393 e. The van der Waals surface area contributed by atoms with Crippen LogP contribution in [0, 0.1) is 11.8 Å². The number of hydrogen-bond acceptors (Lipinski definition) is 2. The Balaban J connectivity index is 1.78. The molecule has 0 atom stereocenters. The van der Waals surface area contributed by atoms with Crippen LogP contribution in [-0.4, -0.2) is 22.4 Å². The van der Waals surface area contributed by atoms with Gasteiger partial charge in [-0.2, -0.15) is 0 Å². The van der Waals surface area contributed by atoms with E-state index in [1.165, 1.54) is 25.7 Å². The second kappa shape index (κ2) is 4.63. The fourth-order valence-corrected chi connectivity index (χ4v) is 3.15. The van der Waals surface area contributed by atoms with Gasteiger partial charge in [0.2, 0.25) is 0 Å². The summed E-state index contributed by atoms with van der Waals surface area (Å²) in [7, 11) is 0. The van der Waals surface area contributed by atoms with E-state index in [0.29, 0.717) is 0 Å². The van der Waals surface area contributed by atoms with Crippen LogP contribution in [0.3, 0.4) is 0 Å². The van der Waals surface area contributed by atoms with E-state index in [2.05, 4.69) is 0 Å². The van der Waals surface area contributed by atoms with Gasteiger partial charge in [0.25, 0.3) is 0 Å². The topological polar surface area (TPSA) is 40.5 Å². The highest BCUT2D eigenvalue weighted by atomic mass is 16.3. The molecule has 0 saturated heterocycles. The van der Waals surface area contributed by atoms with Gasteiger partial charge in [0.05, 0.1) is 12.2 Å². The van der Waals surface area contributed by atoms with Gasteiger partial charge in [-0.3, -0.25) is 0 Å². The summed E-state index contributed by atoms with van der Waals surface area (Å²) in [5.74, 6) is 1.68. The second-order valence-corrected chi connectivity index (χ2v) is 5.14. The molecular weight excluding hydrogens is 176 g/mol. The van der Waals surface area contributed by atoms with Crippen molar-refractivity contribution in [1.29, 1.82) is 0 Å². The van der Waals surface area contributed by atoms with E-state index >= 15 is 0 Å². The van der Waals surface area contributed by atoms with Crippen LogP contribution in [0.5, 0.6) is 0 Å². The first kappa shape index (κ1) is 10.4. The Hall–Kier alpha value is -0.0800. The molecule has 0 bridgehead atoms. The molecule has 82 valence electrons. The Kier molecular flexibility index (Phi) is 3.45. The Bertz CT molecular complexity index is 145. The molecular formula is C12H22O2. The SMILES string of the molecule is O[C@H]1CC[C@H]([C@H]2CC[C@H](O)CC2)CC1. The van der Waals surface area contributed by atoms with Crippen LogP contribution in [0.25, 0.3) is 0 Å². The van der Waals surface area contributed by atoms with Crippen molar-refractivity contribution in [2.24, 2.45) is 11.8 Å². The maximum Gasteiger partial charge on any atom is 0.0540 e. The van der Waals surface area contributed by atoms with Crippen molar-refractivity contribution >= 4 is 0 Å². The second-order valence-electron chi connectivity index (χ2n) is 5.14. The first-order valence-corrected chi connectivity index (χ1v) is 6.12. The third kappa shape index (κ3) is 2.48. The molecule has 0 radical (unpaired) electrons. The molecule has 0 aliphatic heterocycles. The molecule has 2 saturated carbocycles. The number of aliphatic hydroxyl groups is 2. The summed E-state index contributed by atoms with van der Waals surface area (Å²) in [6.07, 6.45) is 8.80. The van der Waals surface area contributed by atoms with Gasteiger partial charge in [-0.1, -0.05) is 0 Å². The lowest BCUT2D eigenvalue weighted by Crippen LogP contribution is -2.28. The van der Waals surface area contributed by atoms with E-state index in [1.54, 1.807) is 0 Å². The molecule has 14 heavy (non-hydrogen) atoms. The standard InChI is InChI=1S/C12H22O2/c13-11-5-1-9(2-6-11)10-3-7-12(14)8-4-10/h9-14H,1-8H2/t9-,10-,11-,12-. The maximum absolute atomic E-state index is 9.43. The van der Waals surface area contributed by atoms with Crippen molar-refractivity contribution in [2.75, 3.05) is 0 Å².